The summed E-state index contributed by atoms with van der Waals surface area (Å²) in [5.41, 5.74) is 0.305. The van der Waals surface area contributed by atoms with Gasteiger partial charge in [0, 0.05) is 17.1 Å². The van der Waals surface area contributed by atoms with Crippen LogP contribution in [0.25, 0.3) is 0 Å². The number of ether oxygens (including phenoxy) is 1. The first kappa shape index (κ1) is 30.1. The molecule has 0 spiro atoms. The zero-order valence-corrected chi connectivity index (χ0v) is 23.9. The molecule has 1 aromatic carbocycles. The largest absolute Gasteiger partial charge is 1.00 e. The van der Waals surface area contributed by atoms with Gasteiger partial charge in [0.1, 0.15) is 11.4 Å². The molecule has 15 nitrogen and oxygen atoms in total. The molecule has 0 aliphatic carbocycles. The van der Waals surface area contributed by atoms with Gasteiger partial charge < -0.3 is 20.0 Å². The number of tetrazole rings is 1. The SMILES string of the molecule is O=CO[C@@H](C(=O)NC1C(=O)N2C(C(=O)[O-])=C(CSc3nnnn3CS(=O)(=O)O)CS[C@H]12)c1ccccc1.[Na+]. The van der Waals surface area contributed by atoms with Gasteiger partial charge in [0.25, 0.3) is 28.4 Å². The minimum Gasteiger partial charge on any atom is -0.543 e. The molecule has 19 heteroatoms. The molecule has 1 aromatic heterocycles. The van der Waals surface area contributed by atoms with Crippen molar-refractivity contribution in [2.45, 2.75) is 28.6 Å². The molecule has 1 unspecified atom stereocenters. The second-order valence-corrected chi connectivity index (χ2v) is 11.1. The van der Waals surface area contributed by atoms with E-state index in [9.17, 15) is 32.7 Å². The van der Waals surface area contributed by atoms with E-state index in [1.807, 2.05) is 0 Å². The van der Waals surface area contributed by atoms with Gasteiger partial charge in [0.15, 0.2) is 5.88 Å². The van der Waals surface area contributed by atoms with Crippen molar-refractivity contribution in [2.75, 3.05) is 11.5 Å². The van der Waals surface area contributed by atoms with Crippen LogP contribution in [0.3, 0.4) is 0 Å². The number of carbonyl (C=O) groups excluding carboxylic acids is 4. The number of benzene rings is 1. The van der Waals surface area contributed by atoms with E-state index in [-0.39, 0.29) is 64.0 Å². The van der Waals surface area contributed by atoms with Crippen LogP contribution in [0.1, 0.15) is 11.7 Å². The summed E-state index contributed by atoms with van der Waals surface area (Å²) < 4.78 is 37.0. The number of carbonyl (C=O) groups is 4. The molecule has 3 heterocycles. The number of hydrogen-bond acceptors (Lipinski definition) is 13. The van der Waals surface area contributed by atoms with Gasteiger partial charge in [-0.2, -0.15) is 8.42 Å². The molecular formula is C19H17N6NaO9S3. The summed E-state index contributed by atoms with van der Waals surface area (Å²) in [4.78, 5) is 49.5. The Balaban J connectivity index is 0.00000400. The summed E-state index contributed by atoms with van der Waals surface area (Å²) in [7, 11) is -4.42. The summed E-state index contributed by atoms with van der Waals surface area (Å²) in [5, 5.41) is 24.2. The number of fused-ring (bicyclic) bond motifs is 1. The van der Waals surface area contributed by atoms with Crippen LogP contribution in [0.15, 0.2) is 46.8 Å². The third-order valence-corrected chi connectivity index (χ3v) is 8.18. The maximum Gasteiger partial charge on any atom is 1.00 e. The van der Waals surface area contributed by atoms with E-state index in [0.717, 1.165) is 21.3 Å². The van der Waals surface area contributed by atoms with E-state index in [4.69, 9.17) is 9.29 Å². The molecule has 1 saturated heterocycles. The van der Waals surface area contributed by atoms with Crippen LogP contribution in [0.5, 0.6) is 0 Å². The molecule has 38 heavy (non-hydrogen) atoms. The molecule has 0 radical (unpaired) electrons. The van der Waals surface area contributed by atoms with Gasteiger partial charge in [-0.3, -0.25) is 23.8 Å². The molecule has 4 rings (SSSR count). The number of rotatable bonds is 11. The number of nitrogens with one attached hydrogen (secondary N) is 1. The second-order valence-electron chi connectivity index (χ2n) is 7.62. The standard InChI is InChI=1S/C19H18N6O9S3.Na/c26-9-34-14(10-4-2-1-3-5-10)15(27)20-12-16(28)25-13(18(29)30)11(6-35-17(12)25)7-36-19-21-22-23-24(19)8-37(31,32)33;/h1-5,9,12,14,17H,6-8H2,(H,20,27)(H,29,30)(H,31,32,33);/q;+1/p-1/t12?,14-,17-;/m1./s1. The second kappa shape index (κ2) is 12.6. The summed E-state index contributed by atoms with van der Waals surface area (Å²) in [6.45, 7) is 0.120. The van der Waals surface area contributed by atoms with E-state index in [1.165, 1.54) is 11.8 Å². The number of aliphatic carboxylic acids is 1. The molecule has 2 aliphatic rings. The molecule has 0 saturated carbocycles. The zero-order chi connectivity index (χ0) is 26.7. The zero-order valence-electron chi connectivity index (χ0n) is 19.5. The molecule has 196 valence electrons. The minimum absolute atomic E-state index is 0. The van der Waals surface area contributed by atoms with E-state index < -0.39 is 51.3 Å². The third kappa shape index (κ3) is 6.56. The number of nitrogens with zero attached hydrogens (tertiary/aromatic N) is 5. The average molecular weight is 593 g/mol. The smallest absolute Gasteiger partial charge is 0.543 e. The van der Waals surface area contributed by atoms with Crippen LogP contribution in [-0.2, 0) is 39.9 Å². The first-order valence-corrected chi connectivity index (χ1v) is 13.9. The molecule has 2 aliphatic heterocycles. The Morgan fingerprint density at radius 3 is 2.68 bits per heavy atom. The summed E-state index contributed by atoms with van der Waals surface area (Å²) in [6.07, 6.45) is -1.30. The number of amides is 2. The van der Waals surface area contributed by atoms with Crippen LogP contribution in [-0.4, -0.2) is 85.3 Å². The number of thioether (sulfide) groups is 2. The fraction of sp³-hybridized carbons (Fsp3) is 0.316. The quantitative estimate of drug-likeness (QED) is 0.0822. The number of hydrogen-bond donors (Lipinski definition) is 2. The predicted octanol–water partition coefficient (Wildman–Crippen LogP) is -5.07. The van der Waals surface area contributed by atoms with E-state index in [0.29, 0.717) is 5.56 Å². The summed E-state index contributed by atoms with van der Waals surface area (Å²) >= 11 is 2.09. The fourth-order valence-electron chi connectivity index (χ4n) is 3.67. The fourth-order valence-corrected chi connectivity index (χ4v) is 6.60. The first-order valence-electron chi connectivity index (χ1n) is 10.3. The van der Waals surface area contributed by atoms with Gasteiger partial charge >= 0.3 is 29.6 Å². The average Bonchev–Trinajstić information content (AvgIpc) is 3.29. The van der Waals surface area contributed by atoms with E-state index >= 15 is 0 Å². The number of β-lactam (4-membered cyclic amide) rings is 1. The summed E-state index contributed by atoms with van der Waals surface area (Å²) in [6, 6.07) is 7.09. The van der Waals surface area contributed by atoms with Gasteiger partial charge in [0.2, 0.25) is 11.3 Å². The number of carboxylic acid groups (broad SMARTS) is 1. The van der Waals surface area contributed by atoms with Crippen LogP contribution in [0.4, 0.5) is 0 Å². The van der Waals surface area contributed by atoms with Crippen LogP contribution in [0.2, 0.25) is 0 Å². The predicted molar refractivity (Wildman–Crippen MR) is 123 cm³/mol. The van der Waals surface area contributed by atoms with Crippen molar-refractivity contribution < 1.29 is 71.5 Å². The number of aromatic nitrogens is 4. The normalized spacial score (nSPS) is 19.5. The van der Waals surface area contributed by atoms with Crippen molar-refractivity contribution in [3.63, 3.8) is 0 Å². The molecule has 2 N–H and O–H groups in total. The Hall–Kier alpha value is -2.48. The van der Waals surface area contributed by atoms with Crippen molar-refractivity contribution in [2.24, 2.45) is 0 Å². The van der Waals surface area contributed by atoms with Crippen molar-refractivity contribution in [1.82, 2.24) is 30.4 Å². The van der Waals surface area contributed by atoms with Crippen LogP contribution >= 0.6 is 23.5 Å². The van der Waals surface area contributed by atoms with Gasteiger partial charge in [0.05, 0.1) is 11.7 Å². The Labute approximate surface area is 245 Å². The topological polar surface area (TPSA) is 214 Å². The monoisotopic (exact) mass is 592 g/mol. The third-order valence-electron chi connectivity index (χ3n) is 5.23. The van der Waals surface area contributed by atoms with Crippen molar-refractivity contribution in [1.29, 1.82) is 0 Å². The van der Waals surface area contributed by atoms with Gasteiger partial charge in [-0.15, -0.1) is 16.9 Å². The molecule has 0 bridgehead atoms. The molecule has 1 fully saturated rings. The maximum atomic E-state index is 12.9. The maximum absolute atomic E-state index is 12.9. The number of carboxylic acids is 1. The van der Waals surface area contributed by atoms with Crippen LogP contribution in [0, 0.1) is 0 Å². The van der Waals surface area contributed by atoms with E-state index in [1.54, 1.807) is 30.3 Å². The Kier molecular flexibility index (Phi) is 9.96. The minimum atomic E-state index is -4.42. The van der Waals surface area contributed by atoms with Gasteiger partial charge in [-0.25, -0.2) is 4.68 Å². The molecule has 3 atom stereocenters. The molecule has 2 aromatic rings. The molecular weight excluding hydrogens is 575 g/mol. The Morgan fingerprint density at radius 1 is 1.34 bits per heavy atom. The Morgan fingerprint density at radius 2 is 2.05 bits per heavy atom. The Bertz CT molecular complexity index is 1370. The van der Waals surface area contributed by atoms with Crippen molar-refractivity contribution >= 4 is 57.9 Å². The summed E-state index contributed by atoms with van der Waals surface area (Å²) in [5.74, 6) is -3.83. The van der Waals surface area contributed by atoms with Crippen LogP contribution < -0.4 is 40.0 Å². The first-order chi connectivity index (χ1) is 17.6. The van der Waals surface area contributed by atoms with Crippen molar-refractivity contribution in [3.05, 3.63) is 47.2 Å². The van der Waals surface area contributed by atoms with Crippen molar-refractivity contribution in [3.8, 4) is 0 Å². The van der Waals surface area contributed by atoms with Gasteiger partial charge in [-0.05, 0) is 16.0 Å². The van der Waals surface area contributed by atoms with Gasteiger partial charge in [-0.1, -0.05) is 42.1 Å². The van der Waals surface area contributed by atoms with E-state index in [2.05, 4.69) is 20.8 Å². The molecule has 2 amide bonds.